The molecule has 0 unspecified atom stereocenters. The van der Waals surface area contributed by atoms with E-state index in [4.69, 9.17) is 4.74 Å². The van der Waals surface area contributed by atoms with Crippen LogP contribution in [0.4, 0.5) is 0 Å². The Morgan fingerprint density at radius 3 is 2.67 bits per heavy atom. The van der Waals surface area contributed by atoms with Crippen LogP contribution in [0.15, 0.2) is 10.7 Å². The van der Waals surface area contributed by atoms with Crippen molar-refractivity contribution in [2.24, 2.45) is 5.92 Å². The van der Waals surface area contributed by atoms with Gasteiger partial charge in [0.1, 0.15) is 16.5 Å². The molecule has 0 atom stereocenters. The smallest absolute Gasteiger partial charge is 0.217 e. The molecule has 1 aromatic heterocycles. The summed E-state index contributed by atoms with van der Waals surface area (Å²) in [6.45, 7) is 4.45. The van der Waals surface area contributed by atoms with Gasteiger partial charge in [-0.3, -0.25) is 0 Å². The first kappa shape index (κ1) is 13.8. The number of hydrogen-bond acceptors (Lipinski definition) is 3. The van der Waals surface area contributed by atoms with Crippen LogP contribution in [0.3, 0.4) is 0 Å². The second-order valence-corrected chi connectivity index (χ2v) is 6.01. The summed E-state index contributed by atoms with van der Waals surface area (Å²) >= 11 is 3.43. The molecule has 0 N–H and O–H groups in total. The highest BCUT2D eigenvalue weighted by atomic mass is 79.9. The molecule has 1 aliphatic carbocycles. The SMILES string of the molecule is CCCc1nc(Br)cc(OC2CCC(C)CC2)n1. The minimum absolute atomic E-state index is 0.331. The fraction of sp³-hybridized carbons (Fsp3) is 0.714. The van der Waals surface area contributed by atoms with Gasteiger partial charge in [0.05, 0.1) is 0 Å². The molecule has 0 aliphatic heterocycles. The van der Waals surface area contributed by atoms with E-state index >= 15 is 0 Å². The zero-order chi connectivity index (χ0) is 13.0. The molecule has 18 heavy (non-hydrogen) atoms. The highest BCUT2D eigenvalue weighted by Gasteiger charge is 2.20. The van der Waals surface area contributed by atoms with Gasteiger partial charge in [-0.1, -0.05) is 13.8 Å². The maximum atomic E-state index is 5.99. The molecule has 0 amide bonds. The van der Waals surface area contributed by atoms with E-state index in [-0.39, 0.29) is 0 Å². The van der Waals surface area contributed by atoms with E-state index in [1.807, 2.05) is 6.07 Å². The molecule has 0 bridgehead atoms. The van der Waals surface area contributed by atoms with Crippen molar-refractivity contribution in [1.29, 1.82) is 0 Å². The summed E-state index contributed by atoms with van der Waals surface area (Å²) in [6, 6.07) is 1.87. The van der Waals surface area contributed by atoms with Gasteiger partial charge in [0.15, 0.2) is 0 Å². The van der Waals surface area contributed by atoms with Gasteiger partial charge < -0.3 is 4.74 Å². The molecular formula is C14H21BrN2O. The van der Waals surface area contributed by atoms with Crippen LogP contribution in [0.5, 0.6) is 5.88 Å². The van der Waals surface area contributed by atoms with E-state index in [9.17, 15) is 0 Å². The van der Waals surface area contributed by atoms with Crippen LogP contribution in [-0.4, -0.2) is 16.1 Å². The Balaban J connectivity index is 2.00. The number of hydrogen-bond donors (Lipinski definition) is 0. The second kappa shape index (κ2) is 6.50. The van der Waals surface area contributed by atoms with Crippen LogP contribution < -0.4 is 4.74 Å². The van der Waals surface area contributed by atoms with Crippen LogP contribution in [0.2, 0.25) is 0 Å². The van der Waals surface area contributed by atoms with Crippen LogP contribution in [0.1, 0.15) is 51.8 Å². The summed E-state index contributed by atoms with van der Waals surface area (Å²) in [5.41, 5.74) is 0. The lowest BCUT2D eigenvalue weighted by molar-refractivity contribution is 0.129. The fourth-order valence-corrected chi connectivity index (χ4v) is 2.76. The number of aryl methyl sites for hydroxylation is 1. The van der Waals surface area contributed by atoms with Crippen LogP contribution in [-0.2, 0) is 6.42 Å². The van der Waals surface area contributed by atoms with Gasteiger partial charge in [-0.2, -0.15) is 4.98 Å². The number of rotatable bonds is 4. The van der Waals surface area contributed by atoms with Gasteiger partial charge in [0.2, 0.25) is 5.88 Å². The Kier molecular flexibility index (Phi) is 4.98. The average Bonchev–Trinajstić information content (AvgIpc) is 2.32. The summed E-state index contributed by atoms with van der Waals surface area (Å²) < 4.78 is 6.81. The van der Waals surface area contributed by atoms with E-state index in [0.717, 1.165) is 47.9 Å². The maximum absolute atomic E-state index is 5.99. The van der Waals surface area contributed by atoms with E-state index < -0.39 is 0 Å². The lowest BCUT2D eigenvalue weighted by Crippen LogP contribution is -2.23. The van der Waals surface area contributed by atoms with Gasteiger partial charge in [0, 0.05) is 12.5 Å². The third-order valence-corrected chi connectivity index (χ3v) is 3.85. The first-order valence-electron chi connectivity index (χ1n) is 6.87. The Morgan fingerprint density at radius 2 is 2.00 bits per heavy atom. The molecule has 3 nitrogen and oxygen atoms in total. The summed E-state index contributed by atoms with van der Waals surface area (Å²) in [5.74, 6) is 2.43. The molecule has 0 saturated heterocycles. The average molecular weight is 313 g/mol. The van der Waals surface area contributed by atoms with Crippen molar-refractivity contribution in [3.63, 3.8) is 0 Å². The number of ether oxygens (including phenoxy) is 1. The largest absolute Gasteiger partial charge is 0.474 e. The number of nitrogens with zero attached hydrogens (tertiary/aromatic N) is 2. The topological polar surface area (TPSA) is 35.0 Å². The van der Waals surface area contributed by atoms with Crippen molar-refractivity contribution in [3.05, 3.63) is 16.5 Å². The molecule has 2 rings (SSSR count). The van der Waals surface area contributed by atoms with E-state index in [1.54, 1.807) is 0 Å². The predicted octanol–water partition coefficient (Wildman–Crippen LogP) is 4.15. The molecule has 4 heteroatoms. The van der Waals surface area contributed by atoms with Crippen molar-refractivity contribution in [2.45, 2.75) is 58.5 Å². The standard InChI is InChI=1S/C14H21BrN2O/c1-3-4-13-16-12(15)9-14(17-13)18-11-7-5-10(2)6-8-11/h9-11H,3-8H2,1-2H3. The molecule has 1 fully saturated rings. The lowest BCUT2D eigenvalue weighted by Gasteiger charge is -2.26. The third-order valence-electron chi connectivity index (χ3n) is 3.44. The zero-order valence-corrected chi connectivity index (χ0v) is 12.7. The second-order valence-electron chi connectivity index (χ2n) is 5.19. The monoisotopic (exact) mass is 312 g/mol. The Morgan fingerprint density at radius 1 is 1.28 bits per heavy atom. The molecule has 100 valence electrons. The maximum Gasteiger partial charge on any atom is 0.217 e. The Labute approximate surface area is 117 Å². The van der Waals surface area contributed by atoms with Crippen LogP contribution >= 0.6 is 15.9 Å². The Bertz CT molecular complexity index is 389. The molecule has 0 spiro atoms. The molecule has 0 radical (unpaired) electrons. The minimum atomic E-state index is 0.331. The highest BCUT2D eigenvalue weighted by Crippen LogP contribution is 2.27. The van der Waals surface area contributed by atoms with Crippen LogP contribution in [0.25, 0.3) is 0 Å². The van der Waals surface area contributed by atoms with Gasteiger partial charge in [-0.25, -0.2) is 4.98 Å². The quantitative estimate of drug-likeness (QED) is 0.783. The van der Waals surface area contributed by atoms with Crippen molar-refractivity contribution in [2.75, 3.05) is 0 Å². The van der Waals surface area contributed by atoms with Crippen LogP contribution in [0, 0.1) is 5.92 Å². The lowest BCUT2D eigenvalue weighted by atomic mass is 9.89. The summed E-state index contributed by atoms with van der Waals surface area (Å²) in [6.07, 6.45) is 7.10. The summed E-state index contributed by atoms with van der Waals surface area (Å²) in [4.78, 5) is 8.83. The zero-order valence-electron chi connectivity index (χ0n) is 11.2. The first-order chi connectivity index (χ1) is 8.67. The van der Waals surface area contributed by atoms with E-state index in [0.29, 0.717) is 6.10 Å². The summed E-state index contributed by atoms with van der Waals surface area (Å²) in [5, 5.41) is 0. The van der Waals surface area contributed by atoms with Crippen molar-refractivity contribution >= 4 is 15.9 Å². The van der Waals surface area contributed by atoms with E-state index in [2.05, 4.69) is 39.7 Å². The van der Waals surface area contributed by atoms with Gasteiger partial charge >= 0.3 is 0 Å². The van der Waals surface area contributed by atoms with Gasteiger partial charge in [-0.05, 0) is 54.0 Å². The Hall–Kier alpha value is -0.640. The minimum Gasteiger partial charge on any atom is -0.474 e. The molecule has 0 aromatic carbocycles. The molecule has 1 aliphatic rings. The van der Waals surface area contributed by atoms with Crippen molar-refractivity contribution in [1.82, 2.24) is 9.97 Å². The third kappa shape index (κ3) is 3.94. The molecule has 1 heterocycles. The molecule has 1 saturated carbocycles. The highest BCUT2D eigenvalue weighted by molar-refractivity contribution is 9.10. The summed E-state index contributed by atoms with van der Waals surface area (Å²) in [7, 11) is 0. The first-order valence-corrected chi connectivity index (χ1v) is 7.66. The number of halogens is 1. The van der Waals surface area contributed by atoms with Gasteiger partial charge in [0.25, 0.3) is 0 Å². The molecular weight excluding hydrogens is 292 g/mol. The van der Waals surface area contributed by atoms with Gasteiger partial charge in [-0.15, -0.1) is 0 Å². The molecule has 1 aromatic rings. The van der Waals surface area contributed by atoms with Crippen molar-refractivity contribution in [3.8, 4) is 5.88 Å². The van der Waals surface area contributed by atoms with E-state index in [1.165, 1.54) is 12.8 Å². The predicted molar refractivity (Wildman–Crippen MR) is 75.8 cm³/mol. The number of aromatic nitrogens is 2. The van der Waals surface area contributed by atoms with Crippen molar-refractivity contribution < 1.29 is 4.74 Å². The fourth-order valence-electron chi connectivity index (χ4n) is 2.36. The normalized spacial score (nSPS) is 23.9.